The lowest BCUT2D eigenvalue weighted by molar-refractivity contribution is 0.0922. The molecule has 3 rings (SSSR count). The van der Waals surface area contributed by atoms with E-state index in [-0.39, 0.29) is 11.9 Å². The first-order valence-electron chi connectivity index (χ1n) is 7.93. The van der Waals surface area contributed by atoms with Crippen molar-refractivity contribution in [3.63, 3.8) is 0 Å². The fourth-order valence-electron chi connectivity index (χ4n) is 3.13. The first-order valence-corrected chi connectivity index (χ1v) is 7.93. The zero-order valence-electron chi connectivity index (χ0n) is 13.0. The van der Waals surface area contributed by atoms with Gasteiger partial charge in [-0.1, -0.05) is 30.3 Å². The zero-order valence-corrected chi connectivity index (χ0v) is 13.0. The minimum absolute atomic E-state index is 0.0148. The van der Waals surface area contributed by atoms with Gasteiger partial charge >= 0.3 is 0 Å². The molecule has 2 atom stereocenters. The van der Waals surface area contributed by atoms with E-state index in [4.69, 9.17) is 0 Å². The summed E-state index contributed by atoms with van der Waals surface area (Å²) < 4.78 is 0. The van der Waals surface area contributed by atoms with Crippen LogP contribution in [-0.4, -0.2) is 34.9 Å². The van der Waals surface area contributed by atoms with E-state index in [1.54, 1.807) is 12.3 Å². The molecular weight excluding hydrogens is 274 g/mol. The predicted molar refractivity (Wildman–Crippen MR) is 87.5 cm³/mol. The number of carbonyl (C=O) groups is 1. The van der Waals surface area contributed by atoms with Crippen LogP contribution in [0.2, 0.25) is 0 Å². The topological polar surface area (TPSA) is 48.1 Å². The average molecular weight is 297 g/mol. The van der Waals surface area contributed by atoms with E-state index >= 15 is 0 Å². The van der Waals surface area contributed by atoms with Crippen LogP contribution in [0.1, 0.15) is 29.4 Å². The van der Waals surface area contributed by atoms with Crippen LogP contribution < -0.4 is 5.32 Å². The molecule has 0 spiro atoms. The van der Waals surface area contributed by atoms with Gasteiger partial charge in [-0.3, -0.25) is 9.69 Å². The smallest absolute Gasteiger partial charge is 0.267 e. The highest BCUT2D eigenvalue weighted by molar-refractivity contribution is 5.92. The maximum absolute atomic E-state index is 12.1. The zero-order chi connectivity index (χ0) is 15.4. The van der Waals surface area contributed by atoms with E-state index in [9.17, 15) is 4.79 Å². The summed E-state index contributed by atoms with van der Waals surface area (Å²) in [5.74, 6) is 0.502. The van der Waals surface area contributed by atoms with Crippen LogP contribution in [0.3, 0.4) is 0 Å². The summed E-state index contributed by atoms with van der Waals surface area (Å²) >= 11 is 0. The minimum Gasteiger partial charge on any atom is -0.357 e. The molecule has 2 N–H and O–H groups in total. The van der Waals surface area contributed by atoms with Gasteiger partial charge in [-0.15, -0.1) is 0 Å². The fraction of sp³-hybridized carbons (Fsp3) is 0.389. The normalized spacial score (nSPS) is 20.0. The van der Waals surface area contributed by atoms with Gasteiger partial charge in [0.1, 0.15) is 5.69 Å². The molecule has 0 saturated carbocycles. The van der Waals surface area contributed by atoms with E-state index in [0.29, 0.717) is 11.6 Å². The lowest BCUT2D eigenvalue weighted by Gasteiger charge is -2.21. The number of amides is 1. The number of aromatic nitrogens is 1. The second kappa shape index (κ2) is 6.79. The number of hydrogen-bond donors (Lipinski definition) is 2. The molecule has 2 heterocycles. The van der Waals surface area contributed by atoms with Gasteiger partial charge in [-0.25, -0.2) is 0 Å². The van der Waals surface area contributed by atoms with Crippen molar-refractivity contribution in [3.05, 3.63) is 59.9 Å². The van der Waals surface area contributed by atoms with Gasteiger partial charge < -0.3 is 10.3 Å². The molecule has 1 aromatic heterocycles. The Kier molecular flexibility index (Phi) is 4.59. The Morgan fingerprint density at radius 3 is 2.86 bits per heavy atom. The van der Waals surface area contributed by atoms with Gasteiger partial charge in [0.15, 0.2) is 0 Å². The number of hydrogen-bond acceptors (Lipinski definition) is 2. The maximum atomic E-state index is 12.1. The molecule has 1 amide bonds. The molecule has 2 aromatic rings. The third kappa shape index (κ3) is 3.57. The first kappa shape index (κ1) is 14.9. The SMILES string of the molecule is CC(NC(=O)c1ccc[nH]1)C1CCN(Cc2ccccc2)C1. The molecule has 1 aliphatic heterocycles. The van der Waals surface area contributed by atoms with Crippen molar-refractivity contribution in [3.8, 4) is 0 Å². The summed E-state index contributed by atoms with van der Waals surface area (Å²) in [6.45, 7) is 5.25. The molecule has 0 bridgehead atoms. The highest BCUT2D eigenvalue weighted by Crippen LogP contribution is 2.21. The molecule has 0 radical (unpaired) electrons. The molecule has 4 heteroatoms. The fourth-order valence-corrected chi connectivity index (χ4v) is 3.13. The lowest BCUT2D eigenvalue weighted by Crippen LogP contribution is -2.39. The summed E-state index contributed by atoms with van der Waals surface area (Å²) in [6, 6.07) is 14.4. The van der Waals surface area contributed by atoms with Crippen LogP contribution in [0, 0.1) is 5.92 Å². The Morgan fingerprint density at radius 2 is 2.14 bits per heavy atom. The molecule has 4 nitrogen and oxygen atoms in total. The summed E-state index contributed by atoms with van der Waals surface area (Å²) in [5.41, 5.74) is 1.98. The van der Waals surface area contributed by atoms with Crippen LogP contribution in [0.4, 0.5) is 0 Å². The van der Waals surface area contributed by atoms with Crippen molar-refractivity contribution < 1.29 is 4.79 Å². The molecule has 116 valence electrons. The molecule has 2 unspecified atom stereocenters. The Morgan fingerprint density at radius 1 is 1.32 bits per heavy atom. The van der Waals surface area contributed by atoms with Crippen LogP contribution in [0.15, 0.2) is 48.7 Å². The van der Waals surface area contributed by atoms with E-state index < -0.39 is 0 Å². The Bertz CT molecular complexity index is 594. The highest BCUT2D eigenvalue weighted by Gasteiger charge is 2.28. The van der Waals surface area contributed by atoms with Gasteiger partial charge in [0, 0.05) is 25.3 Å². The number of H-pyrrole nitrogens is 1. The van der Waals surface area contributed by atoms with Crippen molar-refractivity contribution in [1.82, 2.24) is 15.2 Å². The number of likely N-dealkylation sites (tertiary alicyclic amines) is 1. The van der Waals surface area contributed by atoms with Crippen LogP contribution in [-0.2, 0) is 6.54 Å². The van der Waals surface area contributed by atoms with Crippen molar-refractivity contribution in [2.24, 2.45) is 5.92 Å². The molecule has 1 aromatic carbocycles. The Labute approximate surface area is 131 Å². The number of rotatable bonds is 5. The average Bonchev–Trinajstić information content (AvgIpc) is 3.19. The van der Waals surface area contributed by atoms with E-state index in [1.165, 1.54) is 5.56 Å². The third-order valence-corrected chi connectivity index (χ3v) is 4.47. The van der Waals surface area contributed by atoms with E-state index in [0.717, 1.165) is 26.1 Å². The van der Waals surface area contributed by atoms with Gasteiger partial charge in [0.2, 0.25) is 0 Å². The Hall–Kier alpha value is -2.07. The molecule has 22 heavy (non-hydrogen) atoms. The largest absolute Gasteiger partial charge is 0.357 e. The predicted octanol–water partition coefficient (Wildman–Crippen LogP) is 2.66. The number of benzene rings is 1. The van der Waals surface area contributed by atoms with Gasteiger partial charge in [-0.2, -0.15) is 0 Å². The van der Waals surface area contributed by atoms with Crippen molar-refractivity contribution >= 4 is 5.91 Å². The summed E-state index contributed by atoms with van der Waals surface area (Å²) in [7, 11) is 0. The highest BCUT2D eigenvalue weighted by atomic mass is 16.1. The second-order valence-corrected chi connectivity index (χ2v) is 6.12. The number of nitrogens with zero attached hydrogens (tertiary/aromatic N) is 1. The van der Waals surface area contributed by atoms with E-state index in [1.807, 2.05) is 6.07 Å². The standard InChI is InChI=1S/C18H23N3O/c1-14(20-18(22)17-8-5-10-19-17)16-9-11-21(13-16)12-15-6-3-2-4-7-15/h2-8,10,14,16,19H,9,11-13H2,1H3,(H,20,22). The number of carbonyl (C=O) groups excluding carboxylic acids is 1. The summed E-state index contributed by atoms with van der Waals surface area (Å²) in [6.07, 6.45) is 2.91. The molecule has 0 aliphatic carbocycles. The summed E-state index contributed by atoms with van der Waals surface area (Å²) in [5, 5.41) is 3.11. The second-order valence-electron chi connectivity index (χ2n) is 6.12. The quantitative estimate of drug-likeness (QED) is 0.891. The lowest BCUT2D eigenvalue weighted by atomic mass is 10.0. The monoisotopic (exact) mass is 297 g/mol. The van der Waals surface area contributed by atoms with Crippen molar-refractivity contribution in [2.45, 2.75) is 25.9 Å². The minimum atomic E-state index is -0.0148. The van der Waals surface area contributed by atoms with Gasteiger partial charge in [0.05, 0.1) is 0 Å². The molecule has 1 aliphatic rings. The third-order valence-electron chi connectivity index (χ3n) is 4.47. The van der Waals surface area contributed by atoms with E-state index in [2.05, 4.69) is 52.5 Å². The van der Waals surface area contributed by atoms with Crippen LogP contribution in [0.5, 0.6) is 0 Å². The summed E-state index contributed by atoms with van der Waals surface area (Å²) in [4.78, 5) is 17.5. The molecular formula is C18H23N3O. The van der Waals surface area contributed by atoms with Crippen molar-refractivity contribution in [2.75, 3.05) is 13.1 Å². The maximum Gasteiger partial charge on any atom is 0.267 e. The van der Waals surface area contributed by atoms with Gasteiger partial charge in [-0.05, 0) is 43.5 Å². The Balaban J connectivity index is 1.50. The van der Waals surface area contributed by atoms with Crippen molar-refractivity contribution in [1.29, 1.82) is 0 Å². The molecule has 1 fully saturated rings. The van der Waals surface area contributed by atoms with Crippen LogP contribution in [0.25, 0.3) is 0 Å². The number of nitrogens with one attached hydrogen (secondary N) is 2. The van der Waals surface area contributed by atoms with Crippen LogP contribution >= 0.6 is 0 Å². The van der Waals surface area contributed by atoms with Gasteiger partial charge in [0.25, 0.3) is 5.91 Å². The number of aromatic amines is 1. The molecule has 1 saturated heterocycles. The first-order chi connectivity index (χ1) is 10.7.